The lowest BCUT2D eigenvalue weighted by molar-refractivity contribution is 0.326. The Balaban J connectivity index is 1.76. The molecular weight excluding hydrogens is 270 g/mol. The van der Waals surface area contributed by atoms with Gasteiger partial charge in [-0.15, -0.1) is 11.3 Å². The Labute approximate surface area is 121 Å². The van der Waals surface area contributed by atoms with Crippen LogP contribution in [-0.2, 0) is 6.42 Å². The first-order valence-electron chi connectivity index (χ1n) is 6.40. The molecule has 5 heteroatoms. The van der Waals surface area contributed by atoms with Crippen molar-refractivity contribution < 1.29 is 4.74 Å². The van der Waals surface area contributed by atoms with Crippen molar-refractivity contribution in [1.82, 2.24) is 9.97 Å². The number of rotatable bonds is 4. The van der Waals surface area contributed by atoms with E-state index in [0.29, 0.717) is 12.3 Å². The molecule has 0 saturated heterocycles. The first-order chi connectivity index (χ1) is 9.74. The van der Waals surface area contributed by atoms with Gasteiger partial charge in [-0.1, -0.05) is 0 Å². The van der Waals surface area contributed by atoms with Gasteiger partial charge in [0.2, 0.25) is 0 Å². The standard InChI is InChI=1S/C15H15N3OS/c1-10-15(20-9-18-10)5-7-19-14-4-6-17-13-8-11(16)2-3-12(13)14/h2-4,6,8-9H,5,7,16H2,1H3. The van der Waals surface area contributed by atoms with E-state index in [1.807, 2.05) is 36.7 Å². The van der Waals surface area contributed by atoms with Crippen LogP contribution in [0.3, 0.4) is 0 Å². The number of ether oxygens (including phenoxy) is 1. The summed E-state index contributed by atoms with van der Waals surface area (Å²) in [6.07, 6.45) is 2.62. The molecule has 0 unspecified atom stereocenters. The van der Waals surface area contributed by atoms with Gasteiger partial charge in [0.05, 0.1) is 23.3 Å². The molecule has 2 aromatic heterocycles. The Hall–Kier alpha value is -2.14. The predicted molar refractivity (Wildman–Crippen MR) is 82.2 cm³/mol. The zero-order valence-corrected chi connectivity index (χ0v) is 12.0. The van der Waals surface area contributed by atoms with Crippen LogP contribution in [-0.4, -0.2) is 16.6 Å². The molecule has 0 atom stereocenters. The second kappa shape index (κ2) is 5.46. The topological polar surface area (TPSA) is 61.0 Å². The average molecular weight is 285 g/mol. The molecule has 0 saturated carbocycles. The maximum Gasteiger partial charge on any atom is 0.130 e. The maximum atomic E-state index is 5.89. The molecule has 1 aromatic carbocycles. The Kier molecular flexibility index (Phi) is 3.52. The summed E-state index contributed by atoms with van der Waals surface area (Å²) in [5, 5.41) is 0.989. The lowest BCUT2D eigenvalue weighted by Crippen LogP contribution is -2.02. The van der Waals surface area contributed by atoms with Crippen LogP contribution in [0.25, 0.3) is 10.9 Å². The number of nitrogen functional groups attached to an aromatic ring is 1. The summed E-state index contributed by atoms with van der Waals surface area (Å²) >= 11 is 1.67. The third-order valence-electron chi connectivity index (χ3n) is 3.16. The first-order valence-corrected chi connectivity index (χ1v) is 7.28. The number of nitrogens with two attached hydrogens (primary N) is 1. The highest BCUT2D eigenvalue weighted by Gasteiger charge is 2.05. The molecule has 3 rings (SSSR count). The SMILES string of the molecule is Cc1ncsc1CCOc1ccnc2cc(N)ccc12. The van der Waals surface area contributed by atoms with E-state index in [1.165, 1.54) is 4.88 Å². The van der Waals surface area contributed by atoms with Crippen molar-refractivity contribution in [2.45, 2.75) is 13.3 Å². The van der Waals surface area contributed by atoms with Crippen LogP contribution in [0.1, 0.15) is 10.6 Å². The van der Waals surface area contributed by atoms with Gasteiger partial charge in [0.15, 0.2) is 0 Å². The molecule has 0 bridgehead atoms. The summed E-state index contributed by atoms with van der Waals surface area (Å²) in [7, 11) is 0. The molecule has 0 fully saturated rings. The van der Waals surface area contributed by atoms with E-state index >= 15 is 0 Å². The van der Waals surface area contributed by atoms with E-state index in [-0.39, 0.29) is 0 Å². The highest BCUT2D eigenvalue weighted by Crippen LogP contribution is 2.25. The number of hydrogen-bond donors (Lipinski definition) is 1. The minimum absolute atomic E-state index is 0.631. The summed E-state index contributed by atoms with van der Waals surface area (Å²) in [5.41, 5.74) is 10.3. The van der Waals surface area contributed by atoms with Crippen LogP contribution >= 0.6 is 11.3 Å². The van der Waals surface area contributed by atoms with Crippen LogP contribution in [0, 0.1) is 6.92 Å². The fourth-order valence-corrected chi connectivity index (χ4v) is 2.85. The highest BCUT2D eigenvalue weighted by molar-refractivity contribution is 7.09. The maximum absolute atomic E-state index is 5.89. The van der Waals surface area contributed by atoms with Crippen LogP contribution in [0.15, 0.2) is 36.0 Å². The molecule has 0 aliphatic heterocycles. The number of nitrogens with zero attached hydrogens (tertiary/aromatic N) is 2. The van der Waals surface area contributed by atoms with Crippen molar-refractivity contribution in [3.8, 4) is 5.75 Å². The number of thiazole rings is 1. The third kappa shape index (κ3) is 2.58. The fourth-order valence-electron chi connectivity index (χ4n) is 2.08. The smallest absolute Gasteiger partial charge is 0.130 e. The van der Waals surface area contributed by atoms with Crippen LogP contribution in [0.2, 0.25) is 0 Å². The summed E-state index contributed by atoms with van der Waals surface area (Å²) in [4.78, 5) is 9.82. The molecule has 0 aliphatic rings. The largest absolute Gasteiger partial charge is 0.492 e. The van der Waals surface area contributed by atoms with Crippen molar-refractivity contribution in [2.24, 2.45) is 0 Å². The summed E-state index contributed by atoms with van der Waals surface area (Å²) in [6.45, 7) is 2.66. The molecular formula is C15H15N3OS. The number of hydrogen-bond acceptors (Lipinski definition) is 5. The van der Waals surface area contributed by atoms with Gasteiger partial charge >= 0.3 is 0 Å². The van der Waals surface area contributed by atoms with Gasteiger partial charge in [-0.3, -0.25) is 4.98 Å². The van der Waals surface area contributed by atoms with Gasteiger partial charge < -0.3 is 10.5 Å². The van der Waals surface area contributed by atoms with Crippen molar-refractivity contribution in [1.29, 1.82) is 0 Å². The number of pyridine rings is 1. The minimum atomic E-state index is 0.631. The quantitative estimate of drug-likeness (QED) is 0.748. The molecule has 0 radical (unpaired) electrons. The van der Waals surface area contributed by atoms with Crippen molar-refractivity contribution in [3.05, 3.63) is 46.5 Å². The summed E-state index contributed by atoms with van der Waals surface area (Å²) in [6, 6.07) is 7.56. The van der Waals surface area contributed by atoms with E-state index in [4.69, 9.17) is 10.5 Å². The average Bonchev–Trinajstić information content (AvgIpc) is 2.84. The number of aromatic nitrogens is 2. The summed E-state index contributed by atoms with van der Waals surface area (Å²) in [5.74, 6) is 0.845. The van der Waals surface area contributed by atoms with E-state index < -0.39 is 0 Å². The van der Waals surface area contributed by atoms with E-state index in [2.05, 4.69) is 9.97 Å². The predicted octanol–water partition coefficient (Wildman–Crippen LogP) is 3.20. The zero-order valence-electron chi connectivity index (χ0n) is 11.2. The monoisotopic (exact) mass is 285 g/mol. The molecule has 0 spiro atoms. The van der Waals surface area contributed by atoms with Gasteiger partial charge in [-0.2, -0.15) is 0 Å². The van der Waals surface area contributed by atoms with Crippen molar-refractivity contribution >= 4 is 27.9 Å². The van der Waals surface area contributed by atoms with E-state index in [1.54, 1.807) is 17.5 Å². The number of anilines is 1. The second-order valence-electron chi connectivity index (χ2n) is 4.55. The second-order valence-corrected chi connectivity index (χ2v) is 5.48. The molecule has 102 valence electrons. The Morgan fingerprint density at radius 3 is 2.95 bits per heavy atom. The Morgan fingerprint density at radius 1 is 1.25 bits per heavy atom. The van der Waals surface area contributed by atoms with E-state index in [9.17, 15) is 0 Å². The fraction of sp³-hybridized carbons (Fsp3) is 0.200. The Morgan fingerprint density at radius 2 is 2.15 bits per heavy atom. The molecule has 0 aliphatic carbocycles. The third-order valence-corrected chi connectivity index (χ3v) is 4.15. The van der Waals surface area contributed by atoms with Gasteiger partial charge in [0.25, 0.3) is 0 Å². The van der Waals surface area contributed by atoms with Gasteiger partial charge in [0, 0.05) is 28.6 Å². The molecule has 0 amide bonds. The number of fused-ring (bicyclic) bond motifs is 1. The molecule has 3 aromatic rings. The summed E-state index contributed by atoms with van der Waals surface area (Å²) < 4.78 is 5.89. The van der Waals surface area contributed by atoms with Crippen molar-refractivity contribution in [2.75, 3.05) is 12.3 Å². The van der Waals surface area contributed by atoms with Gasteiger partial charge in [-0.05, 0) is 31.2 Å². The van der Waals surface area contributed by atoms with Crippen LogP contribution < -0.4 is 10.5 Å². The Bertz CT molecular complexity index is 739. The molecule has 20 heavy (non-hydrogen) atoms. The molecule has 4 nitrogen and oxygen atoms in total. The number of benzene rings is 1. The normalized spacial score (nSPS) is 10.8. The molecule has 2 heterocycles. The van der Waals surface area contributed by atoms with E-state index in [0.717, 1.165) is 28.8 Å². The van der Waals surface area contributed by atoms with Crippen molar-refractivity contribution in [3.63, 3.8) is 0 Å². The zero-order chi connectivity index (χ0) is 13.9. The van der Waals surface area contributed by atoms with Gasteiger partial charge in [-0.25, -0.2) is 4.98 Å². The lowest BCUT2D eigenvalue weighted by atomic mass is 10.2. The lowest BCUT2D eigenvalue weighted by Gasteiger charge is -2.09. The van der Waals surface area contributed by atoms with Gasteiger partial charge in [0.1, 0.15) is 5.75 Å². The van der Waals surface area contributed by atoms with Crippen LogP contribution in [0.5, 0.6) is 5.75 Å². The number of aryl methyl sites for hydroxylation is 1. The first kappa shape index (κ1) is 12.9. The van der Waals surface area contributed by atoms with Crippen LogP contribution in [0.4, 0.5) is 5.69 Å². The highest BCUT2D eigenvalue weighted by atomic mass is 32.1. The minimum Gasteiger partial charge on any atom is -0.492 e. The molecule has 2 N–H and O–H groups in total.